The molecule has 67 heavy (non-hydrogen) atoms. The average molecular weight is 934 g/mol. The number of amides is 1. The third kappa shape index (κ3) is 11.2. The molecule has 1 amide bonds. The van der Waals surface area contributed by atoms with E-state index < -0.39 is 89.7 Å². The number of aryl methyl sites for hydroxylation is 1. The summed E-state index contributed by atoms with van der Waals surface area (Å²) in [7, 11) is 3.41. The van der Waals surface area contributed by atoms with E-state index in [2.05, 4.69) is 26.5 Å². The Morgan fingerprint density at radius 3 is 2.49 bits per heavy atom. The number of hydrogen-bond acceptors (Lipinski definition) is 16. The number of imidazole rings is 1. The molecular weight excluding hydrogens is 863 g/mol. The quantitative estimate of drug-likeness (QED) is 0.0883. The number of carbonyl (C=O) groups is 4. The number of ketones is 1. The van der Waals surface area contributed by atoms with Crippen molar-refractivity contribution in [2.45, 2.75) is 161 Å². The first-order valence-electron chi connectivity index (χ1n) is 23.7. The number of aliphatic hydroxyl groups is 1. The van der Waals surface area contributed by atoms with Crippen LogP contribution in [0.25, 0.3) is 11.2 Å². The molecule has 18 nitrogen and oxygen atoms in total. The van der Waals surface area contributed by atoms with Crippen molar-refractivity contribution in [3.63, 3.8) is 0 Å². The SMILES string of the molecule is C=CCN(C)[C@H]1C[C@@H](C)O[C@@H](O[C@@H]2[C@@H](C)[C@H](OC(=O)Cc3ccccn3)[C@@H](C)C(=O)O[C@H](CC)[C@@]3(C)OC(=O)N(CCCCn4cnc5cncnc54)[C@@H]3[C@@H](C)C(=O)[C@H](C)C[C@@]2(C)OC)[C@@H]1O. The van der Waals surface area contributed by atoms with Crippen molar-refractivity contribution < 1.29 is 52.7 Å². The molecule has 18 heteroatoms. The number of pyridine rings is 1. The minimum absolute atomic E-state index is 0.102. The molecule has 3 saturated heterocycles. The van der Waals surface area contributed by atoms with Crippen LogP contribution in [0.5, 0.6) is 0 Å². The van der Waals surface area contributed by atoms with E-state index in [1.807, 2.05) is 44.2 Å². The smallest absolute Gasteiger partial charge is 0.410 e. The van der Waals surface area contributed by atoms with Gasteiger partial charge in [-0.15, -0.1) is 6.58 Å². The molecular formula is C49H71N7O11. The van der Waals surface area contributed by atoms with Crippen molar-refractivity contribution in [1.29, 1.82) is 0 Å². The summed E-state index contributed by atoms with van der Waals surface area (Å²) in [5.41, 5.74) is -0.920. The summed E-state index contributed by atoms with van der Waals surface area (Å²) >= 11 is 0. The Morgan fingerprint density at radius 2 is 1.81 bits per heavy atom. The molecule has 6 rings (SSSR count). The van der Waals surface area contributed by atoms with E-state index in [4.69, 9.17) is 28.4 Å². The third-order valence-electron chi connectivity index (χ3n) is 14.3. The summed E-state index contributed by atoms with van der Waals surface area (Å²) in [6, 6.07) is 4.01. The fraction of sp³-hybridized carbons (Fsp3) is 0.673. The van der Waals surface area contributed by atoms with E-state index in [-0.39, 0.29) is 43.7 Å². The van der Waals surface area contributed by atoms with Crippen LogP contribution in [0.2, 0.25) is 0 Å². The lowest BCUT2D eigenvalue weighted by atomic mass is 9.73. The van der Waals surface area contributed by atoms with Crippen LogP contribution in [0.3, 0.4) is 0 Å². The van der Waals surface area contributed by atoms with Crippen molar-refractivity contribution in [1.82, 2.24) is 34.3 Å². The highest BCUT2D eigenvalue weighted by molar-refractivity contribution is 5.85. The Balaban J connectivity index is 1.37. The van der Waals surface area contributed by atoms with Gasteiger partial charge in [-0.05, 0) is 79.0 Å². The number of nitrogens with zero attached hydrogens (tertiary/aromatic N) is 7. The number of hydrogen-bond donors (Lipinski definition) is 1. The second-order valence-electron chi connectivity index (χ2n) is 19.2. The second kappa shape index (κ2) is 22.0. The van der Waals surface area contributed by atoms with Gasteiger partial charge in [0.1, 0.15) is 35.9 Å². The van der Waals surface area contributed by atoms with Gasteiger partial charge in [0.2, 0.25) is 0 Å². The number of likely N-dealkylation sites (N-methyl/N-ethyl adjacent to an activating group) is 1. The number of aromatic nitrogens is 5. The molecule has 14 atom stereocenters. The fourth-order valence-electron chi connectivity index (χ4n) is 10.7. The van der Waals surface area contributed by atoms with E-state index in [9.17, 15) is 19.5 Å². The van der Waals surface area contributed by atoms with Gasteiger partial charge < -0.3 is 43.0 Å². The molecule has 3 aliphatic rings. The van der Waals surface area contributed by atoms with E-state index >= 15 is 4.79 Å². The number of ether oxygens (including phenoxy) is 6. The van der Waals surface area contributed by atoms with Gasteiger partial charge in [0.05, 0.1) is 54.4 Å². The summed E-state index contributed by atoms with van der Waals surface area (Å²) in [6.45, 7) is 19.5. The van der Waals surface area contributed by atoms with Gasteiger partial charge in [-0.25, -0.2) is 19.7 Å². The lowest BCUT2D eigenvalue weighted by molar-refractivity contribution is -0.302. The summed E-state index contributed by atoms with van der Waals surface area (Å²) in [5, 5.41) is 11.9. The van der Waals surface area contributed by atoms with Gasteiger partial charge in [-0.3, -0.25) is 24.3 Å². The monoisotopic (exact) mass is 934 g/mol. The largest absolute Gasteiger partial charge is 0.461 e. The van der Waals surface area contributed by atoms with Crippen LogP contribution in [-0.4, -0.2) is 151 Å². The van der Waals surface area contributed by atoms with E-state index in [1.165, 1.54) is 13.4 Å². The maximum absolute atomic E-state index is 15.0. The number of Topliss-reactive ketones (excluding diaryl/α,β-unsaturated/α-hetero) is 1. The summed E-state index contributed by atoms with van der Waals surface area (Å²) < 4.78 is 40.6. The van der Waals surface area contributed by atoms with Crippen molar-refractivity contribution in [3.05, 3.63) is 61.6 Å². The highest BCUT2D eigenvalue weighted by atomic mass is 16.7. The predicted molar refractivity (Wildman–Crippen MR) is 246 cm³/mol. The van der Waals surface area contributed by atoms with Crippen LogP contribution < -0.4 is 0 Å². The second-order valence-corrected chi connectivity index (χ2v) is 19.2. The van der Waals surface area contributed by atoms with E-state index in [0.29, 0.717) is 49.2 Å². The minimum atomic E-state index is -1.45. The topological polar surface area (TPSA) is 207 Å². The first-order valence-corrected chi connectivity index (χ1v) is 23.7. The maximum Gasteiger partial charge on any atom is 0.410 e. The van der Waals surface area contributed by atoms with Crippen molar-refractivity contribution in [2.24, 2.45) is 23.7 Å². The molecule has 3 aromatic rings. The van der Waals surface area contributed by atoms with E-state index in [0.717, 1.165) is 0 Å². The molecule has 0 unspecified atom stereocenters. The summed E-state index contributed by atoms with van der Waals surface area (Å²) in [4.78, 5) is 78.5. The van der Waals surface area contributed by atoms with Gasteiger partial charge in [0.15, 0.2) is 17.5 Å². The van der Waals surface area contributed by atoms with Crippen molar-refractivity contribution >= 4 is 35.0 Å². The molecule has 3 aliphatic heterocycles. The molecule has 1 N–H and O–H groups in total. The fourth-order valence-corrected chi connectivity index (χ4v) is 10.7. The van der Waals surface area contributed by atoms with Gasteiger partial charge in [0.25, 0.3) is 0 Å². The Morgan fingerprint density at radius 1 is 1.06 bits per heavy atom. The molecule has 0 aromatic carbocycles. The lowest BCUT2D eigenvalue weighted by Crippen LogP contribution is -2.61. The Kier molecular flexibility index (Phi) is 16.9. The summed E-state index contributed by atoms with van der Waals surface area (Å²) in [5.74, 6) is -4.95. The molecule has 368 valence electrons. The molecule has 0 radical (unpaired) electrons. The third-order valence-corrected chi connectivity index (χ3v) is 14.3. The van der Waals surface area contributed by atoms with Crippen LogP contribution in [0.1, 0.15) is 93.2 Å². The number of carbonyl (C=O) groups excluding carboxylic acids is 4. The first kappa shape index (κ1) is 51.5. The van der Waals surface area contributed by atoms with Gasteiger partial charge in [-0.2, -0.15) is 0 Å². The van der Waals surface area contributed by atoms with E-state index in [1.54, 1.807) is 75.6 Å². The number of cyclic esters (lactones) is 1. The Bertz CT molecular complexity index is 2180. The highest BCUT2D eigenvalue weighted by Crippen LogP contribution is 2.44. The summed E-state index contributed by atoms with van der Waals surface area (Å²) in [6.07, 6.45) is 3.56. The zero-order valence-electron chi connectivity index (χ0n) is 40.8. The van der Waals surface area contributed by atoms with Crippen LogP contribution in [0.15, 0.2) is 55.9 Å². The standard InChI is InChI=1S/C49H71N7O11/c1-12-20-54(10)36-23-30(4)63-46(40(36)59)66-43-32(6)41(65-38(57)24-34-18-14-15-19-51-34)33(7)45(60)64-37(13-2)49(9)42(31(5)39(58)29(3)25-48(43,8)62-11)56(47(61)67-49)22-17-16-21-55-28-53-35-26-50-27-52-44(35)55/h12,14-15,18-19,26-33,36-37,40-43,46,59H,1,13,16-17,20-25H2,2-11H3/t29-,30-,31+,32+,33-,36+,37-,40-,41+,42-,43-,46+,48-,49-/m1/s1. The molecule has 0 aliphatic carbocycles. The number of rotatable bonds is 15. The van der Waals surface area contributed by atoms with Gasteiger partial charge >= 0.3 is 18.0 Å². The van der Waals surface area contributed by atoms with Crippen LogP contribution in [-0.2, 0) is 55.8 Å². The van der Waals surface area contributed by atoms with Gasteiger partial charge in [-0.1, -0.05) is 39.8 Å². The predicted octanol–water partition coefficient (Wildman–Crippen LogP) is 5.35. The zero-order chi connectivity index (χ0) is 48.8. The van der Waals surface area contributed by atoms with Crippen LogP contribution >= 0.6 is 0 Å². The molecule has 0 spiro atoms. The number of fused-ring (bicyclic) bond motifs is 2. The maximum atomic E-state index is 15.0. The van der Waals surface area contributed by atoms with Crippen LogP contribution in [0, 0.1) is 23.7 Å². The first-order chi connectivity index (χ1) is 31.9. The number of methoxy groups -OCH3 is 1. The Hall–Kier alpha value is -4.88. The number of unbranched alkanes of at least 4 members (excludes halogenated alkanes) is 1. The molecule has 0 saturated carbocycles. The molecule has 3 aromatic heterocycles. The lowest BCUT2D eigenvalue weighted by Gasteiger charge is -2.48. The highest BCUT2D eigenvalue weighted by Gasteiger charge is 2.60. The number of aliphatic hydroxyl groups excluding tert-OH is 1. The normalized spacial score (nSPS) is 34.3. The molecule has 3 fully saturated rings. The minimum Gasteiger partial charge on any atom is -0.461 e. The van der Waals surface area contributed by atoms with Crippen molar-refractivity contribution in [3.8, 4) is 0 Å². The number of esters is 2. The van der Waals surface area contributed by atoms with Crippen LogP contribution in [0.4, 0.5) is 4.79 Å². The zero-order valence-corrected chi connectivity index (χ0v) is 40.8. The van der Waals surface area contributed by atoms with Gasteiger partial charge in [0, 0.05) is 56.7 Å². The molecule has 0 bridgehead atoms. The molecule has 6 heterocycles. The Labute approximate surface area is 394 Å². The van der Waals surface area contributed by atoms with Crippen molar-refractivity contribution in [2.75, 3.05) is 27.2 Å². The average Bonchev–Trinajstić information content (AvgIpc) is 3.84.